The van der Waals surface area contributed by atoms with E-state index < -0.39 is 0 Å². The normalized spacial score (nSPS) is 37.7. The van der Waals surface area contributed by atoms with Crippen LogP contribution in [0.5, 0.6) is 0 Å². The molecule has 2 saturated carbocycles. The van der Waals surface area contributed by atoms with E-state index in [0.29, 0.717) is 11.8 Å². The van der Waals surface area contributed by atoms with Crippen molar-refractivity contribution in [3.8, 4) is 0 Å². The van der Waals surface area contributed by atoms with E-state index in [9.17, 15) is 10.2 Å². The van der Waals surface area contributed by atoms with Crippen LogP contribution in [0.15, 0.2) is 23.3 Å². The SMILES string of the molecule is O[C@@H]1CCC=C2CCCC[C@@H]21.O[C@H]1CCC=C2CCCC[C@@H]21. The van der Waals surface area contributed by atoms with Crippen molar-refractivity contribution in [2.24, 2.45) is 11.8 Å². The molecule has 0 aromatic rings. The third kappa shape index (κ3) is 3.83. The maximum Gasteiger partial charge on any atom is 0.0608 e. The van der Waals surface area contributed by atoms with Gasteiger partial charge in [0.2, 0.25) is 0 Å². The van der Waals surface area contributed by atoms with Gasteiger partial charge in [0.1, 0.15) is 0 Å². The highest BCUT2D eigenvalue weighted by atomic mass is 16.3. The van der Waals surface area contributed by atoms with Crippen molar-refractivity contribution < 1.29 is 10.2 Å². The molecule has 2 nitrogen and oxygen atoms in total. The van der Waals surface area contributed by atoms with Crippen molar-refractivity contribution in [2.75, 3.05) is 0 Å². The van der Waals surface area contributed by atoms with Gasteiger partial charge < -0.3 is 10.2 Å². The number of aliphatic hydroxyl groups is 2. The van der Waals surface area contributed by atoms with Gasteiger partial charge in [0.25, 0.3) is 0 Å². The van der Waals surface area contributed by atoms with Gasteiger partial charge in [-0.05, 0) is 64.2 Å². The number of hydrogen-bond acceptors (Lipinski definition) is 2. The summed E-state index contributed by atoms with van der Waals surface area (Å²) in [6.07, 6.45) is 19.2. The van der Waals surface area contributed by atoms with Crippen molar-refractivity contribution in [3.63, 3.8) is 0 Å². The average molecular weight is 304 g/mol. The molecule has 0 saturated heterocycles. The molecule has 124 valence electrons. The Morgan fingerprint density at radius 3 is 1.50 bits per heavy atom. The third-order valence-corrected chi connectivity index (χ3v) is 6.08. The van der Waals surface area contributed by atoms with E-state index in [0.717, 1.165) is 25.7 Å². The summed E-state index contributed by atoms with van der Waals surface area (Å²) >= 11 is 0. The molecule has 2 N–H and O–H groups in total. The second-order valence-electron chi connectivity index (χ2n) is 7.55. The second kappa shape index (κ2) is 7.79. The van der Waals surface area contributed by atoms with Crippen LogP contribution in [-0.4, -0.2) is 22.4 Å². The Balaban J connectivity index is 0.000000131. The lowest BCUT2D eigenvalue weighted by Crippen LogP contribution is -2.27. The highest BCUT2D eigenvalue weighted by Gasteiger charge is 2.28. The topological polar surface area (TPSA) is 40.5 Å². The van der Waals surface area contributed by atoms with Crippen LogP contribution >= 0.6 is 0 Å². The summed E-state index contributed by atoms with van der Waals surface area (Å²) in [5.74, 6) is 1.08. The second-order valence-corrected chi connectivity index (χ2v) is 7.55. The molecule has 0 heterocycles. The standard InChI is InChI=1S/2C10H16O/c2*11-10-7-3-5-8-4-1-2-6-9(8)10/h2*5,9-11H,1-4,6-7H2/t9-,10+;9-,10-/m00/s1. The molecule has 0 unspecified atom stereocenters. The summed E-state index contributed by atoms with van der Waals surface area (Å²) in [5, 5.41) is 19.3. The number of hydrogen-bond donors (Lipinski definition) is 2. The first-order chi connectivity index (χ1) is 10.8. The van der Waals surface area contributed by atoms with Crippen molar-refractivity contribution in [1.82, 2.24) is 0 Å². The number of fused-ring (bicyclic) bond motifs is 2. The van der Waals surface area contributed by atoms with Gasteiger partial charge in [-0.15, -0.1) is 0 Å². The van der Waals surface area contributed by atoms with E-state index in [1.807, 2.05) is 0 Å². The first-order valence-electron chi connectivity index (χ1n) is 9.49. The largest absolute Gasteiger partial charge is 0.392 e. The molecule has 4 atom stereocenters. The Bertz CT molecular complexity index is 383. The Labute approximate surface area is 135 Å². The maximum absolute atomic E-state index is 9.66. The minimum Gasteiger partial charge on any atom is -0.392 e. The molecular weight excluding hydrogens is 272 g/mol. The van der Waals surface area contributed by atoms with Gasteiger partial charge in [0, 0.05) is 11.8 Å². The summed E-state index contributed by atoms with van der Waals surface area (Å²) in [7, 11) is 0. The number of allylic oxidation sites excluding steroid dienone is 2. The minimum absolute atomic E-state index is 0.0182. The summed E-state index contributed by atoms with van der Waals surface area (Å²) in [6.45, 7) is 0. The summed E-state index contributed by atoms with van der Waals surface area (Å²) < 4.78 is 0. The molecule has 0 radical (unpaired) electrons. The molecule has 0 aromatic carbocycles. The molecule has 4 rings (SSSR count). The highest BCUT2D eigenvalue weighted by molar-refractivity contribution is 5.15. The van der Waals surface area contributed by atoms with Crippen LogP contribution in [0, 0.1) is 11.8 Å². The van der Waals surface area contributed by atoms with Crippen LogP contribution in [0.1, 0.15) is 77.0 Å². The van der Waals surface area contributed by atoms with Crippen molar-refractivity contribution in [3.05, 3.63) is 23.3 Å². The Morgan fingerprint density at radius 2 is 1.09 bits per heavy atom. The van der Waals surface area contributed by atoms with Gasteiger partial charge in [0.05, 0.1) is 12.2 Å². The highest BCUT2D eigenvalue weighted by Crippen LogP contribution is 2.37. The zero-order chi connectivity index (χ0) is 15.4. The molecule has 22 heavy (non-hydrogen) atoms. The van der Waals surface area contributed by atoms with E-state index in [1.165, 1.54) is 51.4 Å². The van der Waals surface area contributed by atoms with Crippen LogP contribution in [0.2, 0.25) is 0 Å². The first kappa shape index (κ1) is 16.3. The van der Waals surface area contributed by atoms with Gasteiger partial charge in [-0.3, -0.25) is 0 Å². The van der Waals surface area contributed by atoms with Crippen molar-refractivity contribution >= 4 is 0 Å². The van der Waals surface area contributed by atoms with Gasteiger partial charge >= 0.3 is 0 Å². The molecular formula is C20H32O2. The van der Waals surface area contributed by atoms with Gasteiger partial charge in [0.15, 0.2) is 0 Å². The molecule has 4 aliphatic rings. The van der Waals surface area contributed by atoms with Crippen LogP contribution in [-0.2, 0) is 0 Å². The Morgan fingerprint density at radius 1 is 0.636 bits per heavy atom. The van der Waals surface area contributed by atoms with Crippen molar-refractivity contribution in [2.45, 2.75) is 89.3 Å². The fourth-order valence-electron chi connectivity index (χ4n) is 4.80. The fraction of sp³-hybridized carbons (Fsp3) is 0.800. The summed E-state index contributed by atoms with van der Waals surface area (Å²) in [4.78, 5) is 0. The molecule has 2 heteroatoms. The van der Waals surface area contributed by atoms with Gasteiger partial charge in [-0.1, -0.05) is 36.1 Å². The Hall–Kier alpha value is -0.600. The molecule has 0 amide bonds. The average Bonchev–Trinajstić information content (AvgIpc) is 2.57. The molecule has 2 fully saturated rings. The van der Waals surface area contributed by atoms with Gasteiger partial charge in [-0.25, -0.2) is 0 Å². The molecule has 0 aliphatic heterocycles. The molecule has 4 aliphatic carbocycles. The number of rotatable bonds is 0. The molecule has 0 aromatic heterocycles. The van der Waals surface area contributed by atoms with E-state index in [2.05, 4.69) is 12.2 Å². The van der Waals surface area contributed by atoms with E-state index in [1.54, 1.807) is 11.1 Å². The van der Waals surface area contributed by atoms with E-state index in [4.69, 9.17) is 0 Å². The predicted octanol–water partition coefficient (Wildman–Crippen LogP) is 4.52. The fourth-order valence-corrected chi connectivity index (χ4v) is 4.80. The smallest absolute Gasteiger partial charge is 0.0608 e. The third-order valence-electron chi connectivity index (χ3n) is 6.08. The van der Waals surface area contributed by atoms with Gasteiger partial charge in [-0.2, -0.15) is 0 Å². The van der Waals surface area contributed by atoms with E-state index >= 15 is 0 Å². The van der Waals surface area contributed by atoms with Crippen LogP contribution in [0.25, 0.3) is 0 Å². The first-order valence-corrected chi connectivity index (χ1v) is 9.49. The lowest BCUT2D eigenvalue weighted by molar-refractivity contribution is 0.0959. The van der Waals surface area contributed by atoms with Crippen LogP contribution in [0.4, 0.5) is 0 Å². The zero-order valence-corrected chi connectivity index (χ0v) is 13.8. The molecule has 0 spiro atoms. The summed E-state index contributed by atoms with van der Waals surface area (Å²) in [5.41, 5.74) is 3.10. The quantitative estimate of drug-likeness (QED) is 0.646. The Kier molecular flexibility index (Phi) is 5.76. The molecule has 0 bridgehead atoms. The summed E-state index contributed by atoms with van der Waals surface area (Å²) in [6, 6.07) is 0. The maximum atomic E-state index is 9.66. The monoisotopic (exact) mass is 304 g/mol. The zero-order valence-electron chi connectivity index (χ0n) is 13.8. The van der Waals surface area contributed by atoms with Crippen LogP contribution < -0.4 is 0 Å². The number of aliphatic hydroxyl groups excluding tert-OH is 2. The minimum atomic E-state index is -0.0182. The lowest BCUT2D eigenvalue weighted by Gasteiger charge is -2.32. The van der Waals surface area contributed by atoms with E-state index in [-0.39, 0.29) is 12.2 Å². The predicted molar refractivity (Wildman–Crippen MR) is 90.6 cm³/mol. The van der Waals surface area contributed by atoms with Crippen molar-refractivity contribution in [1.29, 1.82) is 0 Å². The van der Waals surface area contributed by atoms with Crippen LogP contribution in [0.3, 0.4) is 0 Å². The lowest BCUT2D eigenvalue weighted by atomic mass is 9.76.